The van der Waals surface area contributed by atoms with Gasteiger partial charge in [0.15, 0.2) is 0 Å². The molecule has 1 aliphatic rings. The summed E-state index contributed by atoms with van der Waals surface area (Å²) in [5, 5.41) is 2.83. The summed E-state index contributed by atoms with van der Waals surface area (Å²) in [6.45, 7) is 6.18. The van der Waals surface area contributed by atoms with Gasteiger partial charge in [0.05, 0.1) is 22.8 Å². The van der Waals surface area contributed by atoms with E-state index in [-0.39, 0.29) is 22.8 Å². The highest BCUT2D eigenvalue weighted by Gasteiger charge is 2.36. The third-order valence-electron chi connectivity index (χ3n) is 6.18. The number of esters is 1. The highest BCUT2D eigenvalue weighted by Crippen LogP contribution is 2.37. The fourth-order valence-corrected chi connectivity index (χ4v) is 5.91. The van der Waals surface area contributed by atoms with Crippen LogP contribution in [0.5, 0.6) is 0 Å². The van der Waals surface area contributed by atoms with Crippen molar-refractivity contribution >= 4 is 33.3 Å². The number of carbonyl (C=O) groups is 2. The number of sulfonamides is 1. The fourth-order valence-electron chi connectivity index (χ4n) is 4.22. The summed E-state index contributed by atoms with van der Waals surface area (Å²) in [5.41, 5.74) is 3.77. The Labute approximate surface area is 212 Å². The summed E-state index contributed by atoms with van der Waals surface area (Å²) in [6.07, 6.45) is 2.27. The molecule has 0 saturated heterocycles. The molecular weight excluding hydrogens is 476 g/mol. The third kappa shape index (κ3) is 5.28. The number of ether oxygens (including phenoxy) is 1. The van der Waals surface area contributed by atoms with Crippen molar-refractivity contribution in [2.24, 2.45) is 0 Å². The van der Waals surface area contributed by atoms with Gasteiger partial charge in [-0.05, 0) is 86.8 Å². The number of hydrogen-bond donors (Lipinski definition) is 1. The zero-order valence-corrected chi connectivity index (χ0v) is 21.5. The van der Waals surface area contributed by atoms with Crippen LogP contribution in [-0.4, -0.2) is 32.9 Å². The minimum Gasteiger partial charge on any atom is -0.462 e. The van der Waals surface area contributed by atoms with Crippen molar-refractivity contribution in [3.8, 4) is 0 Å². The average Bonchev–Trinajstić information content (AvgIpc) is 3.20. The van der Waals surface area contributed by atoms with Gasteiger partial charge in [-0.3, -0.25) is 9.10 Å². The van der Waals surface area contributed by atoms with Gasteiger partial charge in [0, 0.05) is 17.3 Å². The Balaban J connectivity index is 1.48. The number of nitrogens with zero attached hydrogens (tertiary/aromatic N) is 1. The first kappa shape index (κ1) is 25.4. The minimum absolute atomic E-state index is 0.243. The van der Waals surface area contributed by atoms with Gasteiger partial charge >= 0.3 is 5.97 Å². The maximum absolute atomic E-state index is 13.3. The molecular formula is C28H30N2O5S. The molecule has 0 unspecified atom stereocenters. The van der Waals surface area contributed by atoms with Crippen LogP contribution in [-0.2, 0) is 21.2 Å². The lowest BCUT2D eigenvalue weighted by Crippen LogP contribution is -2.35. The summed E-state index contributed by atoms with van der Waals surface area (Å²) in [5.74, 6) is -0.706. The van der Waals surface area contributed by atoms with Gasteiger partial charge in [-0.2, -0.15) is 0 Å². The average molecular weight is 507 g/mol. The van der Waals surface area contributed by atoms with Crippen LogP contribution in [0.3, 0.4) is 0 Å². The SMILES string of the molecule is CCCCOC(=O)c1ccc(NC(=O)c2ccc3c(c2)C[C@@H](C)N3S(=O)(=O)c2ccc(C)cc2)cc1. The fraction of sp³-hybridized carbons (Fsp3) is 0.286. The van der Waals surface area contributed by atoms with Crippen LogP contribution in [0.15, 0.2) is 71.6 Å². The molecule has 8 heteroatoms. The van der Waals surface area contributed by atoms with Crippen LogP contribution in [0.25, 0.3) is 0 Å². The molecule has 1 N–H and O–H groups in total. The number of unbranched alkanes of at least 4 members (excludes halogenated alkanes) is 1. The largest absolute Gasteiger partial charge is 0.462 e. The summed E-state index contributed by atoms with van der Waals surface area (Å²) in [4.78, 5) is 25.2. The summed E-state index contributed by atoms with van der Waals surface area (Å²) in [7, 11) is -3.72. The Hall–Kier alpha value is -3.65. The van der Waals surface area contributed by atoms with Crippen molar-refractivity contribution < 1.29 is 22.7 Å². The van der Waals surface area contributed by atoms with Crippen molar-refractivity contribution in [2.75, 3.05) is 16.2 Å². The maximum Gasteiger partial charge on any atom is 0.338 e. The number of amides is 1. The van der Waals surface area contributed by atoms with E-state index in [1.54, 1.807) is 66.7 Å². The lowest BCUT2D eigenvalue weighted by Gasteiger charge is -2.24. The lowest BCUT2D eigenvalue weighted by molar-refractivity contribution is 0.0499. The molecule has 188 valence electrons. The van der Waals surface area contributed by atoms with Crippen LogP contribution in [0.4, 0.5) is 11.4 Å². The second kappa shape index (κ2) is 10.5. The van der Waals surface area contributed by atoms with Gasteiger partial charge < -0.3 is 10.1 Å². The Kier molecular flexibility index (Phi) is 7.45. The van der Waals surface area contributed by atoms with E-state index in [1.807, 2.05) is 20.8 Å². The van der Waals surface area contributed by atoms with Crippen molar-refractivity contribution in [1.82, 2.24) is 0 Å². The van der Waals surface area contributed by atoms with E-state index in [4.69, 9.17) is 4.74 Å². The van der Waals surface area contributed by atoms with E-state index < -0.39 is 10.0 Å². The minimum atomic E-state index is -3.72. The first-order chi connectivity index (χ1) is 17.2. The summed E-state index contributed by atoms with van der Waals surface area (Å²) < 4.78 is 33.3. The quantitative estimate of drug-likeness (QED) is 0.329. The topological polar surface area (TPSA) is 92.8 Å². The van der Waals surface area contributed by atoms with Crippen LogP contribution in [0.1, 0.15) is 58.5 Å². The van der Waals surface area contributed by atoms with Crippen molar-refractivity contribution in [1.29, 1.82) is 0 Å². The number of fused-ring (bicyclic) bond motifs is 1. The number of carbonyl (C=O) groups excluding carboxylic acids is 2. The lowest BCUT2D eigenvalue weighted by atomic mass is 10.1. The first-order valence-electron chi connectivity index (χ1n) is 12.0. The molecule has 1 heterocycles. The summed E-state index contributed by atoms with van der Waals surface area (Å²) >= 11 is 0. The van der Waals surface area contributed by atoms with Gasteiger partial charge in [-0.25, -0.2) is 13.2 Å². The van der Waals surface area contributed by atoms with Crippen LogP contribution < -0.4 is 9.62 Å². The molecule has 3 aromatic carbocycles. The molecule has 4 rings (SSSR count). The van der Waals surface area contributed by atoms with Gasteiger partial charge in [-0.15, -0.1) is 0 Å². The van der Waals surface area contributed by atoms with Gasteiger partial charge in [0.2, 0.25) is 0 Å². The van der Waals surface area contributed by atoms with E-state index >= 15 is 0 Å². The number of aryl methyl sites for hydroxylation is 1. The normalized spacial score (nSPS) is 14.9. The van der Waals surface area contributed by atoms with E-state index in [0.29, 0.717) is 35.5 Å². The number of nitrogens with one attached hydrogen (secondary N) is 1. The molecule has 36 heavy (non-hydrogen) atoms. The third-order valence-corrected chi connectivity index (χ3v) is 8.12. The molecule has 0 spiro atoms. The summed E-state index contributed by atoms with van der Waals surface area (Å²) in [6, 6.07) is 18.1. The molecule has 0 aromatic heterocycles. The van der Waals surface area contributed by atoms with Gasteiger partial charge in [-0.1, -0.05) is 31.0 Å². The first-order valence-corrected chi connectivity index (χ1v) is 13.5. The van der Waals surface area contributed by atoms with Gasteiger partial charge in [0.25, 0.3) is 15.9 Å². The van der Waals surface area contributed by atoms with E-state index in [2.05, 4.69) is 5.32 Å². The molecule has 7 nitrogen and oxygen atoms in total. The van der Waals surface area contributed by atoms with Crippen LogP contribution in [0.2, 0.25) is 0 Å². The Morgan fingerprint density at radius 1 is 1.00 bits per heavy atom. The molecule has 3 aromatic rings. The number of benzene rings is 3. The van der Waals surface area contributed by atoms with Crippen molar-refractivity contribution in [3.05, 3.63) is 89.0 Å². The van der Waals surface area contributed by atoms with E-state index in [9.17, 15) is 18.0 Å². The standard InChI is InChI=1S/C28H30N2O5S/c1-4-5-16-35-28(32)21-8-11-24(12-9-21)29-27(31)22-10-15-26-23(18-22)17-20(3)30(26)36(33,34)25-13-6-19(2)7-14-25/h6-15,18,20H,4-5,16-17H2,1-3H3,(H,29,31)/t20-/m1/s1. The second-order valence-electron chi connectivity index (χ2n) is 9.03. The van der Waals surface area contributed by atoms with Crippen molar-refractivity contribution in [3.63, 3.8) is 0 Å². The van der Waals surface area contributed by atoms with E-state index in [1.165, 1.54) is 4.31 Å². The maximum atomic E-state index is 13.3. The number of anilines is 2. The molecule has 0 aliphatic carbocycles. The smallest absolute Gasteiger partial charge is 0.338 e. The predicted octanol–water partition coefficient (Wildman–Crippen LogP) is 5.34. The predicted molar refractivity (Wildman–Crippen MR) is 140 cm³/mol. The molecule has 0 bridgehead atoms. The highest BCUT2D eigenvalue weighted by molar-refractivity contribution is 7.92. The Morgan fingerprint density at radius 3 is 2.33 bits per heavy atom. The molecule has 0 radical (unpaired) electrons. The van der Waals surface area contributed by atoms with E-state index in [0.717, 1.165) is 24.0 Å². The number of rotatable bonds is 8. The molecule has 1 amide bonds. The zero-order valence-electron chi connectivity index (χ0n) is 20.7. The molecule has 0 saturated carbocycles. The van der Waals surface area contributed by atoms with Crippen molar-refractivity contribution in [2.45, 2.75) is 51.0 Å². The van der Waals surface area contributed by atoms with Crippen LogP contribution in [0, 0.1) is 6.92 Å². The van der Waals surface area contributed by atoms with Crippen LogP contribution >= 0.6 is 0 Å². The molecule has 1 aliphatic heterocycles. The monoisotopic (exact) mass is 506 g/mol. The second-order valence-corrected chi connectivity index (χ2v) is 10.8. The molecule has 1 atom stereocenters. The Bertz CT molecular complexity index is 1370. The highest BCUT2D eigenvalue weighted by atomic mass is 32.2. The number of hydrogen-bond acceptors (Lipinski definition) is 5. The zero-order chi connectivity index (χ0) is 25.9. The Morgan fingerprint density at radius 2 is 1.67 bits per heavy atom. The molecule has 0 fully saturated rings. The van der Waals surface area contributed by atoms with Gasteiger partial charge in [0.1, 0.15) is 0 Å².